The monoisotopic (exact) mass is 261 g/mol. The zero-order valence-electron chi connectivity index (χ0n) is 12.7. The van der Waals surface area contributed by atoms with Gasteiger partial charge < -0.3 is 10.6 Å². The fourth-order valence-corrected chi connectivity index (χ4v) is 2.30. The van der Waals surface area contributed by atoms with Gasteiger partial charge in [0.1, 0.15) is 5.84 Å². The topological polar surface area (TPSA) is 53.1 Å². The first-order valence-corrected chi connectivity index (χ1v) is 7.19. The van der Waals surface area contributed by atoms with Crippen LogP contribution < -0.4 is 10.6 Å². The number of rotatable bonds is 7. The Hall–Kier alpha value is -1.51. The van der Waals surface area contributed by atoms with Gasteiger partial charge in [-0.15, -0.1) is 0 Å². The van der Waals surface area contributed by atoms with Gasteiger partial charge in [0, 0.05) is 23.8 Å². The predicted octanol–water partition coefficient (Wildman–Crippen LogP) is 3.68. The summed E-state index contributed by atoms with van der Waals surface area (Å²) in [4.78, 5) is 2.36. The van der Waals surface area contributed by atoms with Crippen molar-refractivity contribution >= 4 is 11.5 Å². The first-order chi connectivity index (χ1) is 8.97. The van der Waals surface area contributed by atoms with E-state index < -0.39 is 0 Å². The van der Waals surface area contributed by atoms with E-state index in [1.54, 1.807) is 0 Å². The fraction of sp³-hybridized carbons (Fsp3) is 0.562. The van der Waals surface area contributed by atoms with E-state index in [1.165, 1.54) is 24.8 Å². The quantitative estimate of drug-likeness (QED) is 0.447. The molecule has 0 spiro atoms. The van der Waals surface area contributed by atoms with Crippen LogP contribution in [0.25, 0.3) is 0 Å². The van der Waals surface area contributed by atoms with Crippen LogP contribution in [-0.2, 0) is 0 Å². The number of nitrogens with one attached hydrogen (secondary N) is 1. The van der Waals surface area contributed by atoms with Crippen LogP contribution in [0.15, 0.2) is 18.2 Å². The Balaban J connectivity index is 3.06. The second kappa shape index (κ2) is 7.17. The molecule has 0 heterocycles. The van der Waals surface area contributed by atoms with Crippen LogP contribution in [0.1, 0.15) is 51.2 Å². The molecule has 3 heteroatoms. The van der Waals surface area contributed by atoms with Crippen molar-refractivity contribution in [1.29, 1.82) is 5.41 Å². The van der Waals surface area contributed by atoms with E-state index in [4.69, 9.17) is 11.1 Å². The van der Waals surface area contributed by atoms with Crippen molar-refractivity contribution in [3.05, 3.63) is 29.3 Å². The molecule has 0 aliphatic carbocycles. The van der Waals surface area contributed by atoms with Crippen LogP contribution in [0.3, 0.4) is 0 Å². The lowest BCUT2D eigenvalue weighted by Crippen LogP contribution is -2.33. The molecule has 0 aromatic heterocycles. The Labute approximate surface area is 117 Å². The van der Waals surface area contributed by atoms with Gasteiger partial charge in [0.2, 0.25) is 0 Å². The van der Waals surface area contributed by atoms with Crippen molar-refractivity contribution in [2.45, 2.75) is 53.0 Å². The third-order valence-corrected chi connectivity index (χ3v) is 3.38. The van der Waals surface area contributed by atoms with Crippen molar-refractivity contribution in [2.75, 3.05) is 11.4 Å². The molecule has 0 saturated heterocycles. The SMILES string of the molecule is CCCCCN(c1cc(C)ccc1C(=N)N)C(C)C. The van der Waals surface area contributed by atoms with E-state index in [2.05, 4.69) is 38.7 Å². The van der Waals surface area contributed by atoms with Crippen LogP contribution in [0.4, 0.5) is 5.69 Å². The van der Waals surface area contributed by atoms with Gasteiger partial charge in [-0.25, -0.2) is 0 Å². The lowest BCUT2D eigenvalue weighted by Gasteiger charge is -2.31. The number of aryl methyl sites for hydroxylation is 1. The summed E-state index contributed by atoms with van der Waals surface area (Å²) in [5, 5.41) is 7.75. The Bertz CT molecular complexity index is 424. The summed E-state index contributed by atoms with van der Waals surface area (Å²) >= 11 is 0. The highest BCUT2D eigenvalue weighted by Gasteiger charge is 2.15. The molecule has 106 valence electrons. The maximum absolute atomic E-state index is 7.75. The molecule has 0 aliphatic heterocycles. The lowest BCUT2D eigenvalue weighted by molar-refractivity contribution is 0.625. The van der Waals surface area contributed by atoms with Crippen molar-refractivity contribution in [3.8, 4) is 0 Å². The summed E-state index contributed by atoms with van der Waals surface area (Å²) in [6, 6.07) is 6.53. The summed E-state index contributed by atoms with van der Waals surface area (Å²) < 4.78 is 0. The van der Waals surface area contributed by atoms with Crippen molar-refractivity contribution in [1.82, 2.24) is 0 Å². The van der Waals surface area contributed by atoms with Crippen molar-refractivity contribution in [2.24, 2.45) is 5.73 Å². The number of nitrogens with zero attached hydrogens (tertiary/aromatic N) is 1. The maximum atomic E-state index is 7.75. The molecule has 3 N–H and O–H groups in total. The van der Waals surface area contributed by atoms with Crippen LogP contribution in [0.5, 0.6) is 0 Å². The number of nitrogens with two attached hydrogens (primary N) is 1. The lowest BCUT2D eigenvalue weighted by atomic mass is 10.1. The van der Waals surface area contributed by atoms with E-state index in [0.29, 0.717) is 6.04 Å². The molecule has 0 radical (unpaired) electrons. The summed E-state index contributed by atoms with van der Waals surface area (Å²) in [6.45, 7) is 9.71. The maximum Gasteiger partial charge on any atom is 0.124 e. The van der Waals surface area contributed by atoms with Gasteiger partial charge in [-0.2, -0.15) is 0 Å². The highest BCUT2D eigenvalue weighted by Crippen LogP contribution is 2.24. The van der Waals surface area contributed by atoms with Crippen LogP contribution in [-0.4, -0.2) is 18.4 Å². The zero-order valence-corrected chi connectivity index (χ0v) is 12.7. The predicted molar refractivity (Wildman–Crippen MR) is 84.2 cm³/mol. The average Bonchev–Trinajstić information content (AvgIpc) is 2.33. The van der Waals surface area contributed by atoms with Gasteiger partial charge in [-0.05, 0) is 44.9 Å². The number of amidine groups is 1. The van der Waals surface area contributed by atoms with E-state index >= 15 is 0 Å². The standard InChI is InChI=1S/C16H27N3/c1-5-6-7-10-19(12(2)3)15-11-13(4)8-9-14(15)16(17)18/h8-9,11-12H,5-7,10H2,1-4H3,(H3,17,18). The Morgan fingerprint density at radius 3 is 2.53 bits per heavy atom. The Kier molecular flexibility index (Phi) is 5.87. The first-order valence-electron chi connectivity index (χ1n) is 7.19. The molecule has 0 bridgehead atoms. The molecule has 3 nitrogen and oxygen atoms in total. The normalized spacial score (nSPS) is 10.8. The van der Waals surface area contributed by atoms with Crippen LogP contribution in [0, 0.1) is 12.3 Å². The number of nitrogen functional groups attached to an aromatic ring is 1. The summed E-state index contributed by atoms with van der Waals surface area (Å²) in [7, 11) is 0. The van der Waals surface area contributed by atoms with E-state index in [1.807, 2.05) is 12.1 Å². The van der Waals surface area contributed by atoms with E-state index in [0.717, 1.165) is 17.8 Å². The number of unbranched alkanes of at least 4 members (excludes halogenated alkanes) is 2. The van der Waals surface area contributed by atoms with Gasteiger partial charge in [0.25, 0.3) is 0 Å². The highest BCUT2D eigenvalue weighted by molar-refractivity contribution is 6.00. The summed E-state index contributed by atoms with van der Waals surface area (Å²) in [6.07, 6.45) is 3.64. The molecular formula is C16H27N3. The molecule has 1 aromatic rings. The molecule has 1 rings (SSSR count). The summed E-state index contributed by atoms with van der Waals surface area (Å²) in [5.41, 5.74) is 8.86. The average molecular weight is 261 g/mol. The minimum Gasteiger partial charge on any atom is -0.384 e. The molecule has 0 saturated carbocycles. The molecule has 0 unspecified atom stereocenters. The van der Waals surface area contributed by atoms with Crippen molar-refractivity contribution in [3.63, 3.8) is 0 Å². The first kappa shape index (κ1) is 15.5. The fourth-order valence-electron chi connectivity index (χ4n) is 2.30. The third kappa shape index (κ3) is 4.27. The molecule has 19 heavy (non-hydrogen) atoms. The van der Waals surface area contributed by atoms with E-state index in [-0.39, 0.29) is 5.84 Å². The zero-order chi connectivity index (χ0) is 14.4. The number of hydrogen-bond acceptors (Lipinski definition) is 2. The molecule has 0 atom stereocenters. The molecular weight excluding hydrogens is 234 g/mol. The van der Waals surface area contributed by atoms with E-state index in [9.17, 15) is 0 Å². The van der Waals surface area contributed by atoms with Gasteiger partial charge in [-0.3, -0.25) is 5.41 Å². The minimum atomic E-state index is 0.149. The Morgan fingerprint density at radius 2 is 2.00 bits per heavy atom. The molecule has 1 aromatic carbocycles. The second-order valence-electron chi connectivity index (χ2n) is 5.43. The van der Waals surface area contributed by atoms with Crippen LogP contribution in [0.2, 0.25) is 0 Å². The smallest absolute Gasteiger partial charge is 0.124 e. The van der Waals surface area contributed by atoms with Gasteiger partial charge in [0.15, 0.2) is 0 Å². The number of benzene rings is 1. The Morgan fingerprint density at radius 1 is 1.32 bits per heavy atom. The van der Waals surface area contributed by atoms with Crippen LogP contribution >= 0.6 is 0 Å². The van der Waals surface area contributed by atoms with Gasteiger partial charge >= 0.3 is 0 Å². The molecule has 0 amide bonds. The third-order valence-electron chi connectivity index (χ3n) is 3.38. The molecule has 0 aliphatic rings. The highest BCUT2D eigenvalue weighted by atomic mass is 15.2. The largest absolute Gasteiger partial charge is 0.384 e. The summed E-state index contributed by atoms with van der Waals surface area (Å²) in [5.74, 6) is 0.149. The second-order valence-corrected chi connectivity index (χ2v) is 5.43. The number of hydrogen-bond donors (Lipinski definition) is 2. The number of anilines is 1. The molecule has 0 fully saturated rings. The van der Waals surface area contributed by atoms with Gasteiger partial charge in [-0.1, -0.05) is 25.8 Å². The van der Waals surface area contributed by atoms with Gasteiger partial charge in [0.05, 0.1) is 0 Å². The van der Waals surface area contributed by atoms with Crippen molar-refractivity contribution < 1.29 is 0 Å². The minimum absolute atomic E-state index is 0.149.